The predicted molar refractivity (Wildman–Crippen MR) is 77.6 cm³/mol. The van der Waals surface area contributed by atoms with Crippen molar-refractivity contribution >= 4 is 8.56 Å². The van der Waals surface area contributed by atoms with Crippen LogP contribution >= 0.6 is 0 Å². The zero-order chi connectivity index (χ0) is 13.1. The molecule has 0 rings (SSSR count). The van der Waals surface area contributed by atoms with Gasteiger partial charge in [-0.2, -0.15) is 0 Å². The highest BCUT2D eigenvalue weighted by Crippen LogP contribution is 2.09. The highest BCUT2D eigenvalue weighted by atomic mass is 28.4. The molecule has 0 aromatic carbocycles. The monoisotopic (exact) mass is 258 g/mol. The third-order valence-corrected chi connectivity index (χ3v) is 4.38. The fourth-order valence-electron chi connectivity index (χ4n) is 1.47. The molecule has 0 aliphatic heterocycles. The van der Waals surface area contributed by atoms with E-state index in [0.29, 0.717) is 6.61 Å². The Bertz CT molecular complexity index is 208. The summed E-state index contributed by atoms with van der Waals surface area (Å²) in [6.45, 7) is 12.2. The Morgan fingerprint density at radius 1 is 1.00 bits per heavy atom. The predicted octanol–water partition coefficient (Wildman–Crippen LogP) is 4.66. The molecule has 102 valence electrons. The van der Waals surface area contributed by atoms with Crippen LogP contribution in [-0.4, -0.2) is 21.8 Å². The quantitative estimate of drug-likeness (QED) is 0.322. The molecule has 17 heavy (non-hydrogen) atoms. The SMILES string of the molecule is CCCCCCCO[Si](C)(C)OCC=C(C)C. The summed E-state index contributed by atoms with van der Waals surface area (Å²) >= 11 is 0. The maximum absolute atomic E-state index is 5.88. The fourth-order valence-corrected chi connectivity index (χ4v) is 2.68. The van der Waals surface area contributed by atoms with Crippen molar-refractivity contribution in [2.75, 3.05) is 13.2 Å². The van der Waals surface area contributed by atoms with Crippen molar-refractivity contribution in [2.24, 2.45) is 0 Å². The molecule has 0 amide bonds. The largest absolute Gasteiger partial charge is 0.395 e. The van der Waals surface area contributed by atoms with E-state index in [0.717, 1.165) is 6.61 Å². The van der Waals surface area contributed by atoms with Crippen LogP contribution in [0.25, 0.3) is 0 Å². The van der Waals surface area contributed by atoms with Gasteiger partial charge >= 0.3 is 8.56 Å². The summed E-state index contributed by atoms with van der Waals surface area (Å²) < 4.78 is 11.7. The number of rotatable bonds is 10. The lowest BCUT2D eigenvalue weighted by Crippen LogP contribution is -2.35. The molecule has 0 radical (unpaired) electrons. The Hall–Kier alpha value is -0.123. The standard InChI is InChI=1S/C14H30O2Si/c1-6-7-8-9-10-12-15-17(4,5)16-13-11-14(2)3/h11H,6-10,12-13H2,1-5H3. The van der Waals surface area contributed by atoms with Crippen LogP contribution in [0, 0.1) is 0 Å². The first-order chi connectivity index (χ1) is 7.98. The second kappa shape index (κ2) is 9.86. The Morgan fingerprint density at radius 2 is 1.65 bits per heavy atom. The fraction of sp³-hybridized carbons (Fsp3) is 0.857. The van der Waals surface area contributed by atoms with Gasteiger partial charge in [-0.1, -0.05) is 44.3 Å². The van der Waals surface area contributed by atoms with Gasteiger partial charge in [-0.15, -0.1) is 0 Å². The molecule has 0 aromatic heterocycles. The Morgan fingerprint density at radius 3 is 2.24 bits per heavy atom. The molecular formula is C14H30O2Si. The molecule has 0 unspecified atom stereocenters. The number of hydrogen-bond acceptors (Lipinski definition) is 2. The first-order valence-corrected chi connectivity index (χ1v) is 9.71. The third kappa shape index (κ3) is 12.1. The Balaban J connectivity index is 3.53. The highest BCUT2D eigenvalue weighted by molar-refractivity contribution is 6.64. The summed E-state index contributed by atoms with van der Waals surface area (Å²) in [4.78, 5) is 0. The van der Waals surface area contributed by atoms with E-state index in [9.17, 15) is 0 Å². The molecule has 0 bridgehead atoms. The first-order valence-electron chi connectivity index (χ1n) is 6.89. The molecule has 0 N–H and O–H groups in total. The zero-order valence-corrected chi connectivity index (χ0v) is 13.3. The molecule has 0 saturated carbocycles. The summed E-state index contributed by atoms with van der Waals surface area (Å²) in [5, 5.41) is 0. The summed E-state index contributed by atoms with van der Waals surface area (Å²) in [5.74, 6) is 0. The van der Waals surface area contributed by atoms with Crippen molar-refractivity contribution in [3.8, 4) is 0 Å². The lowest BCUT2D eigenvalue weighted by molar-refractivity contribution is 0.190. The lowest BCUT2D eigenvalue weighted by Gasteiger charge is -2.22. The van der Waals surface area contributed by atoms with Gasteiger partial charge in [0.15, 0.2) is 0 Å². The van der Waals surface area contributed by atoms with Crippen LogP contribution in [0.2, 0.25) is 13.1 Å². The van der Waals surface area contributed by atoms with Crippen molar-refractivity contribution in [3.63, 3.8) is 0 Å². The van der Waals surface area contributed by atoms with Gasteiger partial charge in [-0.25, -0.2) is 0 Å². The number of allylic oxidation sites excluding steroid dienone is 1. The van der Waals surface area contributed by atoms with E-state index in [1.807, 2.05) is 0 Å². The Kier molecular flexibility index (Phi) is 9.79. The van der Waals surface area contributed by atoms with Crippen molar-refractivity contribution in [2.45, 2.75) is 66.0 Å². The van der Waals surface area contributed by atoms with Crippen LogP contribution in [0.4, 0.5) is 0 Å². The van der Waals surface area contributed by atoms with Crippen molar-refractivity contribution in [3.05, 3.63) is 11.6 Å². The van der Waals surface area contributed by atoms with E-state index < -0.39 is 8.56 Å². The van der Waals surface area contributed by atoms with Gasteiger partial charge in [0.1, 0.15) is 0 Å². The van der Waals surface area contributed by atoms with Gasteiger partial charge in [0.05, 0.1) is 6.61 Å². The van der Waals surface area contributed by atoms with Crippen molar-refractivity contribution in [1.29, 1.82) is 0 Å². The molecule has 0 aliphatic rings. The molecule has 2 nitrogen and oxygen atoms in total. The van der Waals surface area contributed by atoms with Crippen LogP contribution in [0.15, 0.2) is 11.6 Å². The van der Waals surface area contributed by atoms with Crippen LogP contribution in [0.1, 0.15) is 52.9 Å². The minimum atomic E-state index is -1.88. The first kappa shape index (κ1) is 16.9. The minimum absolute atomic E-state index is 0.692. The van der Waals surface area contributed by atoms with Gasteiger partial charge in [-0.05, 0) is 33.4 Å². The Labute approximate surface area is 109 Å². The molecule has 0 spiro atoms. The van der Waals surface area contributed by atoms with E-state index in [1.165, 1.54) is 37.7 Å². The van der Waals surface area contributed by atoms with Crippen molar-refractivity contribution < 1.29 is 8.85 Å². The van der Waals surface area contributed by atoms with E-state index in [4.69, 9.17) is 8.85 Å². The second-order valence-electron chi connectivity index (χ2n) is 5.25. The van der Waals surface area contributed by atoms with E-state index >= 15 is 0 Å². The van der Waals surface area contributed by atoms with Gasteiger partial charge < -0.3 is 8.85 Å². The smallest absolute Gasteiger partial charge is 0.331 e. The molecule has 0 atom stereocenters. The van der Waals surface area contributed by atoms with Crippen LogP contribution in [0.3, 0.4) is 0 Å². The molecule has 0 fully saturated rings. The normalized spacial score (nSPS) is 11.6. The topological polar surface area (TPSA) is 18.5 Å². The van der Waals surface area contributed by atoms with Gasteiger partial charge in [-0.3, -0.25) is 0 Å². The average molecular weight is 258 g/mol. The van der Waals surface area contributed by atoms with E-state index in [1.54, 1.807) is 0 Å². The summed E-state index contributed by atoms with van der Waals surface area (Å²) in [7, 11) is -1.88. The number of hydrogen-bond donors (Lipinski definition) is 0. The molecule has 0 aromatic rings. The van der Waals surface area contributed by atoms with E-state index in [2.05, 4.69) is 39.9 Å². The molecule has 0 saturated heterocycles. The second-order valence-corrected chi connectivity index (χ2v) is 8.63. The minimum Gasteiger partial charge on any atom is -0.395 e. The maximum Gasteiger partial charge on any atom is 0.331 e. The highest BCUT2D eigenvalue weighted by Gasteiger charge is 2.23. The third-order valence-electron chi connectivity index (χ3n) is 2.62. The number of unbranched alkanes of at least 4 members (excludes halogenated alkanes) is 4. The van der Waals surface area contributed by atoms with Crippen LogP contribution in [0.5, 0.6) is 0 Å². The summed E-state index contributed by atoms with van der Waals surface area (Å²) in [5.41, 5.74) is 1.30. The molecule has 0 heterocycles. The van der Waals surface area contributed by atoms with Crippen LogP contribution in [-0.2, 0) is 8.85 Å². The zero-order valence-electron chi connectivity index (χ0n) is 12.3. The lowest BCUT2D eigenvalue weighted by atomic mass is 10.2. The average Bonchev–Trinajstić information content (AvgIpc) is 2.22. The van der Waals surface area contributed by atoms with Crippen LogP contribution < -0.4 is 0 Å². The molecule has 3 heteroatoms. The maximum atomic E-state index is 5.88. The van der Waals surface area contributed by atoms with Gasteiger partial charge in [0.25, 0.3) is 0 Å². The summed E-state index contributed by atoms with van der Waals surface area (Å²) in [6, 6.07) is 0. The van der Waals surface area contributed by atoms with E-state index in [-0.39, 0.29) is 0 Å². The van der Waals surface area contributed by atoms with Crippen molar-refractivity contribution in [1.82, 2.24) is 0 Å². The van der Waals surface area contributed by atoms with Gasteiger partial charge in [0.2, 0.25) is 0 Å². The summed E-state index contributed by atoms with van der Waals surface area (Å²) in [6.07, 6.45) is 8.54. The molecule has 0 aliphatic carbocycles. The van der Waals surface area contributed by atoms with Gasteiger partial charge in [0, 0.05) is 6.61 Å². The molecular weight excluding hydrogens is 228 g/mol.